The van der Waals surface area contributed by atoms with E-state index in [2.05, 4.69) is 66.6 Å². The monoisotopic (exact) mass is 307 g/mol. The molecule has 0 heterocycles. The van der Waals surface area contributed by atoms with Gasteiger partial charge in [-0.15, -0.1) is 0 Å². The number of rotatable bonds is 3. The van der Waals surface area contributed by atoms with Crippen LogP contribution in [-0.4, -0.2) is 14.3 Å². The molecule has 0 saturated heterocycles. The van der Waals surface area contributed by atoms with Gasteiger partial charge in [-0.1, -0.05) is 74.5 Å². The zero-order valence-corrected chi connectivity index (χ0v) is 14.6. The average molecular weight is 308 g/mol. The minimum absolute atomic E-state index is 0.584. The molecule has 0 amide bonds. The molecule has 114 valence electrons. The van der Waals surface area contributed by atoms with Crippen LogP contribution >= 0.6 is 0 Å². The van der Waals surface area contributed by atoms with Crippen molar-refractivity contribution in [1.82, 2.24) is 4.98 Å². The Labute approximate surface area is 134 Å². The van der Waals surface area contributed by atoms with Crippen LogP contribution in [0.2, 0.25) is 13.1 Å². The Morgan fingerprint density at radius 2 is 1.32 bits per heavy atom. The number of nitrogens with one attached hydrogen (secondary N) is 1. The third kappa shape index (κ3) is 2.26. The van der Waals surface area contributed by atoms with Crippen LogP contribution in [0.4, 0.5) is 0 Å². The van der Waals surface area contributed by atoms with Crippen molar-refractivity contribution in [2.75, 3.05) is 0 Å². The van der Waals surface area contributed by atoms with E-state index < -0.39 is 8.24 Å². The molecule has 2 aliphatic rings. The van der Waals surface area contributed by atoms with Crippen molar-refractivity contribution in [1.29, 1.82) is 0 Å². The standard InChI is InChI=1S/C20H25NSi/c1-22(2,21-15-9-3-4-10-15)20-18-13-7-5-11-16(18)17-12-6-8-14-19(17)20/h5-8,11-15,20-21H,3-4,9-10H2,1-2H3. The summed E-state index contributed by atoms with van der Waals surface area (Å²) in [6, 6.07) is 18.8. The number of hydrogen-bond acceptors (Lipinski definition) is 1. The van der Waals surface area contributed by atoms with Crippen molar-refractivity contribution in [2.24, 2.45) is 0 Å². The first-order chi connectivity index (χ1) is 10.7. The van der Waals surface area contributed by atoms with E-state index in [0.717, 1.165) is 6.04 Å². The molecule has 4 rings (SSSR count). The quantitative estimate of drug-likeness (QED) is 0.780. The van der Waals surface area contributed by atoms with Gasteiger partial charge in [0.1, 0.15) is 8.24 Å². The van der Waals surface area contributed by atoms with Gasteiger partial charge in [-0.3, -0.25) is 0 Å². The van der Waals surface area contributed by atoms with Crippen LogP contribution in [0.25, 0.3) is 11.1 Å². The highest BCUT2D eigenvalue weighted by Gasteiger charge is 2.42. The summed E-state index contributed by atoms with van der Waals surface area (Å²) in [5.41, 5.74) is 6.59. The molecule has 2 heteroatoms. The number of fused-ring (bicyclic) bond motifs is 3. The molecular formula is C20H25NSi. The minimum atomic E-state index is -1.59. The summed E-state index contributed by atoms with van der Waals surface area (Å²) in [4.78, 5) is 4.12. The molecule has 22 heavy (non-hydrogen) atoms. The molecule has 1 fully saturated rings. The lowest BCUT2D eigenvalue weighted by Crippen LogP contribution is -2.54. The Morgan fingerprint density at radius 3 is 1.86 bits per heavy atom. The van der Waals surface area contributed by atoms with Gasteiger partial charge in [0.05, 0.1) is 0 Å². The maximum Gasteiger partial charge on any atom is 0.131 e. The molecule has 2 aliphatic carbocycles. The van der Waals surface area contributed by atoms with Crippen LogP contribution in [0.3, 0.4) is 0 Å². The van der Waals surface area contributed by atoms with E-state index in [-0.39, 0.29) is 0 Å². The lowest BCUT2D eigenvalue weighted by atomic mass is 10.1. The molecule has 1 nitrogen and oxygen atoms in total. The lowest BCUT2D eigenvalue weighted by molar-refractivity contribution is 0.624. The Kier molecular flexibility index (Phi) is 3.47. The van der Waals surface area contributed by atoms with Crippen LogP contribution in [0.1, 0.15) is 42.4 Å². The third-order valence-corrected chi connectivity index (χ3v) is 8.70. The molecular weight excluding hydrogens is 282 g/mol. The van der Waals surface area contributed by atoms with Crippen LogP contribution in [-0.2, 0) is 0 Å². The first-order valence-electron chi connectivity index (χ1n) is 8.63. The Hall–Kier alpha value is -1.38. The largest absolute Gasteiger partial charge is 0.334 e. The second-order valence-corrected chi connectivity index (χ2v) is 11.8. The highest BCUT2D eigenvalue weighted by molar-refractivity contribution is 6.77. The van der Waals surface area contributed by atoms with Crippen LogP contribution in [0.15, 0.2) is 48.5 Å². The third-order valence-electron chi connectivity index (χ3n) is 5.49. The Bertz CT molecular complexity index is 640. The van der Waals surface area contributed by atoms with Gasteiger partial charge < -0.3 is 4.98 Å². The predicted molar refractivity (Wildman–Crippen MR) is 96.6 cm³/mol. The summed E-state index contributed by atoms with van der Waals surface area (Å²) >= 11 is 0. The molecule has 2 aromatic carbocycles. The molecule has 0 spiro atoms. The molecule has 2 aromatic rings. The van der Waals surface area contributed by atoms with E-state index in [1.807, 2.05) is 0 Å². The number of benzene rings is 2. The van der Waals surface area contributed by atoms with Gasteiger partial charge in [-0.05, 0) is 35.1 Å². The topological polar surface area (TPSA) is 12.0 Å². The van der Waals surface area contributed by atoms with E-state index in [1.165, 1.54) is 36.8 Å². The molecule has 1 N–H and O–H groups in total. The Morgan fingerprint density at radius 1 is 0.818 bits per heavy atom. The summed E-state index contributed by atoms with van der Waals surface area (Å²) in [5.74, 6) is 0. The fraction of sp³-hybridized carbons (Fsp3) is 0.400. The van der Waals surface area contributed by atoms with Crippen LogP contribution < -0.4 is 4.98 Å². The number of hydrogen-bond donors (Lipinski definition) is 1. The maximum absolute atomic E-state index is 4.12. The van der Waals surface area contributed by atoms with Gasteiger partial charge in [0.15, 0.2) is 0 Å². The minimum Gasteiger partial charge on any atom is -0.334 e. The van der Waals surface area contributed by atoms with Gasteiger partial charge >= 0.3 is 0 Å². The van der Waals surface area contributed by atoms with Gasteiger partial charge in [0, 0.05) is 11.6 Å². The highest BCUT2D eigenvalue weighted by atomic mass is 28.3. The normalized spacial score (nSPS) is 18.5. The predicted octanol–water partition coefficient (Wildman–Crippen LogP) is 5.08. The van der Waals surface area contributed by atoms with Gasteiger partial charge in [-0.25, -0.2) is 0 Å². The molecule has 0 atom stereocenters. The van der Waals surface area contributed by atoms with E-state index in [0.29, 0.717) is 5.54 Å². The van der Waals surface area contributed by atoms with E-state index >= 15 is 0 Å². The SMILES string of the molecule is C[Si](C)(NC1CCCC1)C1c2ccccc2-c2ccccc21. The lowest BCUT2D eigenvalue weighted by Gasteiger charge is -2.35. The zero-order chi connectivity index (χ0) is 15.2. The van der Waals surface area contributed by atoms with Gasteiger partial charge in [0.2, 0.25) is 0 Å². The van der Waals surface area contributed by atoms with Crippen molar-refractivity contribution >= 4 is 8.24 Å². The molecule has 0 unspecified atom stereocenters. The van der Waals surface area contributed by atoms with E-state index in [4.69, 9.17) is 0 Å². The molecule has 0 aromatic heterocycles. The fourth-order valence-electron chi connectivity index (χ4n) is 4.61. The van der Waals surface area contributed by atoms with Crippen molar-refractivity contribution in [3.8, 4) is 11.1 Å². The van der Waals surface area contributed by atoms with Crippen molar-refractivity contribution in [3.63, 3.8) is 0 Å². The van der Waals surface area contributed by atoms with Crippen molar-refractivity contribution in [2.45, 2.75) is 50.4 Å². The fourth-order valence-corrected chi connectivity index (χ4v) is 8.18. The first kappa shape index (κ1) is 14.2. The summed E-state index contributed by atoms with van der Waals surface area (Å²) in [7, 11) is -1.59. The van der Waals surface area contributed by atoms with E-state index in [1.54, 1.807) is 11.1 Å². The summed E-state index contributed by atoms with van der Waals surface area (Å²) in [6.07, 6.45) is 5.54. The molecule has 0 bridgehead atoms. The Balaban J connectivity index is 1.77. The molecule has 1 saturated carbocycles. The van der Waals surface area contributed by atoms with E-state index in [9.17, 15) is 0 Å². The first-order valence-corrected chi connectivity index (χ1v) is 11.7. The van der Waals surface area contributed by atoms with Crippen molar-refractivity contribution in [3.05, 3.63) is 59.7 Å². The van der Waals surface area contributed by atoms with Crippen LogP contribution in [0.5, 0.6) is 0 Å². The average Bonchev–Trinajstić information content (AvgIpc) is 3.12. The maximum atomic E-state index is 4.12. The van der Waals surface area contributed by atoms with Crippen molar-refractivity contribution < 1.29 is 0 Å². The molecule has 0 radical (unpaired) electrons. The zero-order valence-electron chi connectivity index (χ0n) is 13.6. The smallest absolute Gasteiger partial charge is 0.131 e. The van der Waals surface area contributed by atoms with Gasteiger partial charge in [0.25, 0.3) is 0 Å². The summed E-state index contributed by atoms with van der Waals surface area (Å²) < 4.78 is 0. The summed E-state index contributed by atoms with van der Waals surface area (Å²) in [6.45, 7) is 5.05. The molecule has 0 aliphatic heterocycles. The van der Waals surface area contributed by atoms with Gasteiger partial charge in [-0.2, -0.15) is 0 Å². The summed E-state index contributed by atoms with van der Waals surface area (Å²) in [5, 5.41) is 0. The highest BCUT2D eigenvalue weighted by Crippen LogP contribution is 2.48. The second-order valence-electron chi connectivity index (χ2n) is 7.45. The van der Waals surface area contributed by atoms with Crippen LogP contribution in [0, 0.1) is 0 Å². The second kappa shape index (κ2) is 5.36.